The molecule has 0 aromatic carbocycles. The van der Waals surface area contributed by atoms with Gasteiger partial charge in [-0.15, -0.1) is 0 Å². The Morgan fingerprint density at radius 1 is 1.29 bits per heavy atom. The maximum atomic E-state index is 4.16. The van der Waals surface area contributed by atoms with Gasteiger partial charge in [0.2, 0.25) is 0 Å². The molecule has 96 valence electrons. The van der Waals surface area contributed by atoms with Gasteiger partial charge in [-0.3, -0.25) is 4.98 Å². The van der Waals surface area contributed by atoms with Crippen LogP contribution in [0.1, 0.15) is 20.3 Å². The van der Waals surface area contributed by atoms with E-state index in [1.165, 1.54) is 0 Å². The van der Waals surface area contributed by atoms with Gasteiger partial charge in [0.1, 0.15) is 0 Å². The molecule has 0 saturated heterocycles. The zero-order valence-electron chi connectivity index (χ0n) is 11.3. The molecule has 0 radical (unpaired) electrons. The first kappa shape index (κ1) is 13.8. The Hall–Kier alpha value is -1.29. The first-order chi connectivity index (χ1) is 8.13. The number of nitrogens with one attached hydrogen (secondary N) is 2. The second-order valence-electron chi connectivity index (χ2n) is 4.57. The number of anilines is 2. The van der Waals surface area contributed by atoms with Crippen molar-refractivity contribution >= 4 is 11.4 Å². The molecule has 17 heavy (non-hydrogen) atoms. The van der Waals surface area contributed by atoms with E-state index < -0.39 is 0 Å². The summed E-state index contributed by atoms with van der Waals surface area (Å²) in [7, 11) is 4.06. The summed E-state index contributed by atoms with van der Waals surface area (Å²) < 4.78 is 0. The molecule has 4 heteroatoms. The first-order valence-corrected chi connectivity index (χ1v) is 6.20. The molecule has 2 N–H and O–H groups in total. The van der Waals surface area contributed by atoms with Crippen LogP contribution in [0, 0.1) is 0 Å². The third kappa shape index (κ3) is 5.04. The number of nitrogens with zero attached hydrogens (tertiary/aromatic N) is 2. The van der Waals surface area contributed by atoms with Crippen LogP contribution in [0.2, 0.25) is 0 Å². The Labute approximate surface area is 104 Å². The molecule has 0 unspecified atom stereocenters. The maximum absolute atomic E-state index is 4.16. The summed E-state index contributed by atoms with van der Waals surface area (Å²) in [5.41, 5.74) is 2.11. The van der Waals surface area contributed by atoms with Gasteiger partial charge in [-0.1, -0.05) is 0 Å². The topological polar surface area (TPSA) is 40.2 Å². The molecule has 0 saturated carbocycles. The van der Waals surface area contributed by atoms with Crippen molar-refractivity contribution in [1.29, 1.82) is 0 Å². The number of aromatic nitrogens is 1. The number of hydrogen-bond acceptors (Lipinski definition) is 4. The Morgan fingerprint density at radius 3 is 2.65 bits per heavy atom. The van der Waals surface area contributed by atoms with Crippen LogP contribution in [0.15, 0.2) is 18.5 Å². The van der Waals surface area contributed by atoms with Crippen molar-refractivity contribution in [1.82, 2.24) is 9.88 Å². The lowest BCUT2D eigenvalue weighted by Crippen LogP contribution is -2.28. The molecular weight excluding hydrogens is 212 g/mol. The SMILES string of the molecule is CNc1cncc(NCCCN(C)C(C)C)c1. The van der Waals surface area contributed by atoms with Crippen LogP contribution in [-0.2, 0) is 0 Å². The second kappa shape index (κ2) is 7.12. The molecule has 1 rings (SSSR count). The van der Waals surface area contributed by atoms with E-state index in [1.807, 2.05) is 19.4 Å². The Kier molecular flexibility index (Phi) is 5.77. The lowest BCUT2D eigenvalue weighted by atomic mass is 10.3. The summed E-state index contributed by atoms with van der Waals surface area (Å²) in [5.74, 6) is 0. The van der Waals surface area contributed by atoms with Crippen LogP contribution in [-0.4, -0.2) is 43.1 Å². The minimum Gasteiger partial charge on any atom is -0.387 e. The van der Waals surface area contributed by atoms with E-state index >= 15 is 0 Å². The van der Waals surface area contributed by atoms with Gasteiger partial charge >= 0.3 is 0 Å². The Morgan fingerprint density at radius 2 is 2.00 bits per heavy atom. The van der Waals surface area contributed by atoms with Gasteiger partial charge in [0.05, 0.1) is 23.8 Å². The molecule has 0 fully saturated rings. The maximum Gasteiger partial charge on any atom is 0.0547 e. The smallest absolute Gasteiger partial charge is 0.0547 e. The van der Waals surface area contributed by atoms with Crippen molar-refractivity contribution in [2.75, 3.05) is 37.8 Å². The quantitative estimate of drug-likeness (QED) is 0.713. The first-order valence-electron chi connectivity index (χ1n) is 6.20. The van der Waals surface area contributed by atoms with Crippen LogP contribution in [0.4, 0.5) is 11.4 Å². The predicted octanol–water partition coefficient (Wildman–Crippen LogP) is 2.27. The van der Waals surface area contributed by atoms with Gasteiger partial charge in [-0.25, -0.2) is 0 Å². The standard InChI is InChI=1S/C13H24N4/c1-11(2)17(4)7-5-6-16-13-8-12(14-3)9-15-10-13/h8-11,14,16H,5-7H2,1-4H3. The fourth-order valence-electron chi connectivity index (χ4n) is 1.49. The molecule has 0 aliphatic heterocycles. The monoisotopic (exact) mass is 236 g/mol. The van der Waals surface area contributed by atoms with Crippen molar-refractivity contribution in [3.05, 3.63) is 18.5 Å². The lowest BCUT2D eigenvalue weighted by Gasteiger charge is -2.20. The van der Waals surface area contributed by atoms with Gasteiger partial charge in [0, 0.05) is 19.6 Å². The van der Waals surface area contributed by atoms with Crippen molar-refractivity contribution < 1.29 is 0 Å². The van der Waals surface area contributed by atoms with E-state index in [2.05, 4.69) is 47.5 Å². The zero-order valence-corrected chi connectivity index (χ0v) is 11.3. The third-order valence-electron chi connectivity index (χ3n) is 2.93. The predicted molar refractivity (Wildman–Crippen MR) is 74.7 cm³/mol. The molecule has 0 aliphatic carbocycles. The number of hydrogen-bond donors (Lipinski definition) is 2. The van der Waals surface area contributed by atoms with Gasteiger partial charge in [0.15, 0.2) is 0 Å². The van der Waals surface area contributed by atoms with Crippen LogP contribution in [0.5, 0.6) is 0 Å². The summed E-state index contributed by atoms with van der Waals surface area (Å²) in [5, 5.41) is 6.46. The summed E-state index contributed by atoms with van der Waals surface area (Å²) >= 11 is 0. The van der Waals surface area contributed by atoms with Crippen molar-refractivity contribution in [2.24, 2.45) is 0 Å². The molecule has 0 aliphatic rings. The fraction of sp³-hybridized carbons (Fsp3) is 0.615. The van der Waals surface area contributed by atoms with E-state index in [0.717, 1.165) is 30.9 Å². The van der Waals surface area contributed by atoms with Crippen LogP contribution >= 0.6 is 0 Å². The highest BCUT2D eigenvalue weighted by Gasteiger charge is 2.01. The number of pyridine rings is 1. The molecule has 1 aromatic heterocycles. The van der Waals surface area contributed by atoms with Crippen LogP contribution in [0.3, 0.4) is 0 Å². The molecule has 1 heterocycles. The van der Waals surface area contributed by atoms with E-state index in [9.17, 15) is 0 Å². The highest BCUT2D eigenvalue weighted by molar-refractivity contribution is 5.53. The molecule has 0 atom stereocenters. The number of rotatable bonds is 7. The highest BCUT2D eigenvalue weighted by Crippen LogP contribution is 2.11. The third-order valence-corrected chi connectivity index (χ3v) is 2.93. The van der Waals surface area contributed by atoms with Crippen molar-refractivity contribution in [3.63, 3.8) is 0 Å². The average Bonchev–Trinajstić information content (AvgIpc) is 2.34. The molecule has 0 spiro atoms. The Bertz CT molecular complexity index is 325. The van der Waals surface area contributed by atoms with E-state index in [0.29, 0.717) is 6.04 Å². The van der Waals surface area contributed by atoms with E-state index in [1.54, 1.807) is 0 Å². The minimum absolute atomic E-state index is 0.615. The summed E-state index contributed by atoms with van der Waals surface area (Å²) in [4.78, 5) is 6.51. The van der Waals surface area contributed by atoms with Crippen LogP contribution < -0.4 is 10.6 Å². The minimum atomic E-state index is 0.615. The molecule has 1 aromatic rings. The molecule has 0 bridgehead atoms. The van der Waals surface area contributed by atoms with E-state index in [4.69, 9.17) is 0 Å². The lowest BCUT2D eigenvalue weighted by molar-refractivity contribution is 0.273. The molecule has 4 nitrogen and oxygen atoms in total. The Balaban J connectivity index is 2.26. The van der Waals surface area contributed by atoms with Crippen molar-refractivity contribution in [2.45, 2.75) is 26.3 Å². The van der Waals surface area contributed by atoms with Gasteiger partial charge < -0.3 is 15.5 Å². The average molecular weight is 236 g/mol. The molecule has 0 amide bonds. The summed E-state index contributed by atoms with van der Waals surface area (Å²) in [6, 6.07) is 2.68. The molecular formula is C13H24N4. The second-order valence-corrected chi connectivity index (χ2v) is 4.57. The van der Waals surface area contributed by atoms with Gasteiger partial charge in [0.25, 0.3) is 0 Å². The fourth-order valence-corrected chi connectivity index (χ4v) is 1.49. The summed E-state index contributed by atoms with van der Waals surface area (Å²) in [6.07, 6.45) is 4.81. The van der Waals surface area contributed by atoms with Crippen molar-refractivity contribution in [3.8, 4) is 0 Å². The normalized spacial score (nSPS) is 10.9. The zero-order chi connectivity index (χ0) is 12.7. The largest absolute Gasteiger partial charge is 0.387 e. The van der Waals surface area contributed by atoms with Crippen LogP contribution in [0.25, 0.3) is 0 Å². The van der Waals surface area contributed by atoms with Gasteiger partial charge in [-0.2, -0.15) is 0 Å². The highest BCUT2D eigenvalue weighted by atomic mass is 15.1. The summed E-state index contributed by atoms with van der Waals surface area (Å²) in [6.45, 7) is 6.52. The van der Waals surface area contributed by atoms with Gasteiger partial charge in [-0.05, 0) is 39.9 Å². The van der Waals surface area contributed by atoms with E-state index in [-0.39, 0.29) is 0 Å².